The molecule has 1 aromatic heterocycles. The molecular weight excluding hydrogens is 224 g/mol. The van der Waals surface area contributed by atoms with E-state index in [0.717, 1.165) is 42.7 Å². The summed E-state index contributed by atoms with van der Waals surface area (Å²) in [5.41, 5.74) is 0. The smallest absolute Gasteiger partial charge is 0.205 e. The summed E-state index contributed by atoms with van der Waals surface area (Å²) in [6.45, 7) is 6.13. The van der Waals surface area contributed by atoms with Crippen molar-refractivity contribution in [3.63, 3.8) is 0 Å². The Kier molecular flexibility index (Phi) is 4.09. The normalized spacial score (nSPS) is 21.5. The molecule has 1 aliphatic heterocycles. The first-order valence-corrected chi connectivity index (χ1v) is 6.53. The number of nitrogens with one attached hydrogen (secondary N) is 1. The van der Waals surface area contributed by atoms with E-state index in [1.807, 2.05) is 6.92 Å². The highest BCUT2D eigenvalue weighted by Gasteiger charge is 2.22. The predicted octanol–water partition coefficient (Wildman–Crippen LogP) is 0.784. The molecule has 0 spiro atoms. The van der Waals surface area contributed by atoms with Crippen LogP contribution in [0.1, 0.15) is 18.4 Å². The van der Waals surface area contributed by atoms with E-state index < -0.39 is 0 Å². The molecule has 0 radical (unpaired) electrons. The monoisotopic (exact) mass is 242 g/mol. The number of aliphatic hydroxyl groups excluding tert-OH is 1. The van der Waals surface area contributed by atoms with Gasteiger partial charge in [0.15, 0.2) is 0 Å². The van der Waals surface area contributed by atoms with Crippen molar-refractivity contribution in [3.8, 4) is 0 Å². The molecule has 2 heterocycles. The molecule has 90 valence electrons. The zero-order valence-corrected chi connectivity index (χ0v) is 10.3. The van der Waals surface area contributed by atoms with Crippen molar-refractivity contribution in [3.05, 3.63) is 5.01 Å². The summed E-state index contributed by atoms with van der Waals surface area (Å²) in [7, 11) is 0. The van der Waals surface area contributed by atoms with Crippen molar-refractivity contribution >= 4 is 16.5 Å². The van der Waals surface area contributed by atoms with E-state index >= 15 is 0 Å². The maximum absolute atomic E-state index is 9.06. The molecule has 6 heteroatoms. The fourth-order valence-corrected chi connectivity index (χ4v) is 2.79. The van der Waals surface area contributed by atoms with Gasteiger partial charge in [0.05, 0.1) is 6.54 Å². The molecule has 2 rings (SSSR count). The van der Waals surface area contributed by atoms with Gasteiger partial charge in [0.1, 0.15) is 5.01 Å². The zero-order valence-electron chi connectivity index (χ0n) is 9.52. The van der Waals surface area contributed by atoms with Gasteiger partial charge in [0, 0.05) is 19.7 Å². The molecule has 1 aromatic rings. The van der Waals surface area contributed by atoms with Crippen molar-refractivity contribution in [2.75, 3.05) is 31.6 Å². The van der Waals surface area contributed by atoms with Gasteiger partial charge in [-0.15, -0.1) is 10.2 Å². The van der Waals surface area contributed by atoms with Crippen LogP contribution in [0.25, 0.3) is 0 Å². The van der Waals surface area contributed by atoms with Crippen molar-refractivity contribution in [2.45, 2.75) is 19.9 Å². The minimum absolute atomic E-state index is 0.301. The number of rotatable bonds is 5. The molecule has 1 fully saturated rings. The van der Waals surface area contributed by atoms with Crippen LogP contribution in [0.4, 0.5) is 5.13 Å². The zero-order chi connectivity index (χ0) is 11.4. The summed E-state index contributed by atoms with van der Waals surface area (Å²) in [5.74, 6) is 0.446. The van der Waals surface area contributed by atoms with Crippen LogP contribution in [0.3, 0.4) is 0 Å². The highest BCUT2D eigenvalue weighted by Crippen LogP contribution is 2.21. The lowest BCUT2D eigenvalue weighted by Crippen LogP contribution is -2.20. The van der Waals surface area contributed by atoms with E-state index in [-0.39, 0.29) is 0 Å². The first-order chi connectivity index (χ1) is 7.81. The number of aliphatic hydroxyl groups is 1. The van der Waals surface area contributed by atoms with E-state index in [9.17, 15) is 0 Å². The summed E-state index contributed by atoms with van der Waals surface area (Å²) in [4.78, 5) is 2.33. The van der Waals surface area contributed by atoms with Gasteiger partial charge in [-0.2, -0.15) is 0 Å². The van der Waals surface area contributed by atoms with Crippen LogP contribution in [0.5, 0.6) is 0 Å². The minimum atomic E-state index is 0.301. The van der Waals surface area contributed by atoms with Crippen molar-refractivity contribution < 1.29 is 5.11 Å². The average molecular weight is 242 g/mol. The van der Waals surface area contributed by atoms with Crippen molar-refractivity contribution in [1.82, 2.24) is 15.1 Å². The molecular formula is C10H18N4OS. The van der Waals surface area contributed by atoms with Gasteiger partial charge in [0.25, 0.3) is 0 Å². The molecule has 1 saturated heterocycles. The van der Waals surface area contributed by atoms with Gasteiger partial charge >= 0.3 is 0 Å². The summed E-state index contributed by atoms with van der Waals surface area (Å²) in [6, 6.07) is 0. The number of likely N-dealkylation sites (tertiary alicyclic amines) is 1. The number of anilines is 1. The van der Waals surface area contributed by atoms with E-state index in [1.54, 1.807) is 11.3 Å². The molecule has 0 saturated carbocycles. The first-order valence-electron chi connectivity index (χ1n) is 5.71. The summed E-state index contributed by atoms with van der Waals surface area (Å²) in [5, 5.41) is 22.4. The SMILES string of the molecule is CCNc1nnc(CN2CCC(CO)C2)s1. The van der Waals surface area contributed by atoms with E-state index in [2.05, 4.69) is 20.4 Å². The van der Waals surface area contributed by atoms with Gasteiger partial charge in [0.2, 0.25) is 5.13 Å². The minimum Gasteiger partial charge on any atom is -0.396 e. The molecule has 1 atom stereocenters. The lowest BCUT2D eigenvalue weighted by molar-refractivity contribution is 0.220. The molecule has 0 aromatic carbocycles. The highest BCUT2D eigenvalue weighted by molar-refractivity contribution is 7.15. The fourth-order valence-electron chi connectivity index (χ4n) is 1.94. The largest absolute Gasteiger partial charge is 0.396 e. The Morgan fingerprint density at radius 3 is 3.12 bits per heavy atom. The predicted molar refractivity (Wildman–Crippen MR) is 64.5 cm³/mol. The van der Waals surface area contributed by atoms with Crippen molar-refractivity contribution in [1.29, 1.82) is 0 Å². The van der Waals surface area contributed by atoms with E-state index in [1.165, 1.54) is 0 Å². The highest BCUT2D eigenvalue weighted by atomic mass is 32.1. The maximum atomic E-state index is 9.06. The third-order valence-electron chi connectivity index (χ3n) is 2.78. The molecule has 1 aliphatic rings. The molecule has 2 N–H and O–H groups in total. The molecule has 0 aliphatic carbocycles. The number of nitrogens with zero attached hydrogens (tertiary/aromatic N) is 3. The second-order valence-electron chi connectivity index (χ2n) is 4.10. The fraction of sp³-hybridized carbons (Fsp3) is 0.800. The lowest BCUT2D eigenvalue weighted by Gasteiger charge is -2.12. The lowest BCUT2D eigenvalue weighted by atomic mass is 10.1. The summed E-state index contributed by atoms with van der Waals surface area (Å²) >= 11 is 1.62. The second-order valence-corrected chi connectivity index (χ2v) is 5.17. The van der Waals surface area contributed by atoms with E-state index in [0.29, 0.717) is 12.5 Å². The van der Waals surface area contributed by atoms with Gasteiger partial charge in [-0.1, -0.05) is 11.3 Å². The van der Waals surface area contributed by atoms with Crippen LogP contribution in [-0.4, -0.2) is 46.4 Å². The molecule has 0 bridgehead atoms. The summed E-state index contributed by atoms with van der Waals surface area (Å²) in [6.07, 6.45) is 1.09. The third kappa shape index (κ3) is 2.90. The van der Waals surface area contributed by atoms with Gasteiger partial charge in [-0.25, -0.2) is 0 Å². The van der Waals surface area contributed by atoms with Gasteiger partial charge in [-0.3, -0.25) is 4.90 Å². The van der Waals surface area contributed by atoms with Crippen LogP contribution in [0.15, 0.2) is 0 Å². The average Bonchev–Trinajstić information content (AvgIpc) is 2.89. The topological polar surface area (TPSA) is 61.3 Å². The Morgan fingerprint density at radius 1 is 1.56 bits per heavy atom. The Morgan fingerprint density at radius 2 is 2.44 bits per heavy atom. The van der Waals surface area contributed by atoms with Gasteiger partial charge in [-0.05, 0) is 25.8 Å². The van der Waals surface area contributed by atoms with Crippen LogP contribution >= 0.6 is 11.3 Å². The Labute approximate surface area is 99.5 Å². The number of aromatic nitrogens is 2. The molecule has 16 heavy (non-hydrogen) atoms. The second kappa shape index (κ2) is 5.56. The Hall–Kier alpha value is -0.720. The summed E-state index contributed by atoms with van der Waals surface area (Å²) < 4.78 is 0. The van der Waals surface area contributed by atoms with E-state index in [4.69, 9.17) is 5.11 Å². The Balaban J connectivity index is 1.84. The molecule has 0 amide bonds. The van der Waals surface area contributed by atoms with Crippen LogP contribution in [0, 0.1) is 5.92 Å². The quantitative estimate of drug-likeness (QED) is 0.799. The van der Waals surface area contributed by atoms with Gasteiger partial charge < -0.3 is 10.4 Å². The maximum Gasteiger partial charge on any atom is 0.205 e. The van der Waals surface area contributed by atoms with Crippen LogP contribution in [-0.2, 0) is 6.54 Å². The standard InChI is InChI=1S/C10H18N4OS/c1-2-11-10-13-12-9(16-10)6-14-4-3-8(5-14)7-15/h8,15H,2-7H2,1H3,(H,11,13). The molecule has 5 nitrogen and oxygen atoms in total. The third-order valence-corrected chi connectivity index (χ3v) is 3.65. The van der Waals surface area contributed by atoms with Crippen LogP contribution < -0.4 is 5.32 Å². The number of hydrogen-bond donors (Lipinski definition) is 2. The molecule has 1 unspecified atom stereocenters. The van der Waals surface area contributed by atoms with Crippen molar-refractivity contribution in [2.24, 2.45) is 5.92 Å². The number of hydrogen-bond acceptors (Lipinski definition) is 6. The first kappa shape index (κ1) is 11.8. The van der Waals surface area contributed by atoms with Crippen LogP contribution in [0.2, 0.25) is 0 Å². The Bertz CT molecular complexity index is 330.